The van der Waals surface area contributed by atoms with Crippen molar-refractivity contribution in [1.29, 1.82) is 0 Å². The summed E-state index contributed by atoms with van der Waals surface area (Å²) in [5, 5.41) is 3.45. The average molecular weight is 254 g/mol. The van der Waals surface area contributed by atoms with E-state index in [0.717, 1.165) is 45.5 Å². The Bertz CT molecular complexity index is 257. The van der Waals surface area contributed by atoms with Crippen molar-refractivity contribution in [3.63, 3.8) is 0 Å². The van der Waals surface area contributed by atoms with Crippen molar-refractivity contribution in [2.75, 3.05) is 33.4 Å². The molecule has 2 aliphatic heterocycles. The molecule has 2 aliphatic rings. The second kappa shape index (κ2) is 7.10. The first-order chi connectivity index (χ1) is 8.79. The number of ether oxygens (including phenoxy) is 1. The molecule has 1 amide bonds. The molecule has 0 radical (unpaired) electrons. The standard InChI is InChI=1S/C14H26N2O2/c1-18-11-12-5-8-16(9-6-12)14(17)10-13-4-2-3-7-15-13/h12-13,15H,2-11H2,1H3. The lowest BCUT2D eigenvalue weighted by atomic mass is 9.96. The zero-order valence-corrected chi connectivity index (χ0v) is 11.5. The maximum absolute atomic E-state index is 12.2. The summed E-state index contributed by atoms with van der Waals surface area (Å²) in [4.78, 5) is 14.2. The first-order valence-electron chi connectivity index (χ1n) is 7.29. The molecule has 2 rings (SSSR count). The summed E-state index contributed by atoms with van der Waals surface area (Å²) >= 11 is 0. The zero-order chi connectivity index (χ0) is 12.8. The fourth-order valence-electron chi connectivity index (χ4n) is 3.02. The lowest BCUT2D eigenvalue weighted by Gasteiger charge is -2.33. The maximum atomic E-state index is 12.2. The molecule has 1 unspecified atom stereocenters. The second-order valence-corrected chi connectivity index (χ2v) is 5.63. The summed E-state index contributed by atoms with van der Waals surface area (Å²) in [5.41, 5.74) is 0. The molecule has 0 aromatic heterocycles. The molecule has 0 saturated carbocycles. The molecule has 0 aromatic rings. The summed E-state index contributed by atoms with van der Waals surface area (Å²) in [6, 6.07) is 0.419. The molecular weight excluding hydrogens is 228 g/mol. The Morgan fingerprint density at radius 1 is 1.28 bits per heavy atom. The molecule has 4 nitrogen and oxygen atoms in total. The molecule has 1 N–H and O–H groups in total. The van der Waals surface area contributed by atoms with Gasteiger partial charge in [-0.05, 0) is 38.1 Å². The van der Waals surface area contributed by atoms with Crippen LogP contribution >= 0.6 is 0 Å². The van der Waals surface area contributed by atoms with Gasteiger partial charge in [0.15, 0.2) is 0 Å². The van der Waals surface area contributed by atoms with Crippen LogP contribution in [0.4, 0.5) is 0 Å². The van der Waals surface area contributed by atoms with Crippen LogP contribution in [0.15, 0.2) is 0 Å². The summed E-state index contributed by atoms with van der Waals surface area (Å²) in [6.07, 6.45) is 6.56. The average Bonchev–Trinajstić information content (AvgIpc) is 2.41. The van der Waals surface area contributed by atoms with Gasteiger partial charge in [0.2, 0.25) is 5.91 Å². The van der Waals surface area contributed by atoms with Gasteiger partial charge < -0.3 is 15.0 Å². The Balaban J connectivity index is 1.70. The van der Waals surface area contributed by atoms with Gasteiger partial charge in [-0.2, -0.15) is 0 Å². The molecular formula is C14H26N2O2. The van der Waals surface area contributed by atoms with Gasteiger partial charge >= 0.3 is 0 Å². The van der Waals surface area contributed by atoms with Gasteiger partial charge in [-0.3, -0.25) is 4.79 Å². The highest BCUT2D eigenvalue weighted by atomic mass is 16.5. The van der Waals surface area contributed by atoms with Crippen molar-refractivity contribution < 1.29 is 9.53 Å². The first-order valence-corrected chi connectivity index (χ1v) is 7.29. The Morgan fingerprint density at radius 2 is 2.06 bits per heavy atom. The largest absolute Gasteiger partial charge is 0.384 e. The van der Waals surface area contributed by atoms with Gasteiger partial charge in [0.1, 0.15) is 0 Å². The number of likely N-dealkylation sites (tertiary alicyclic amines) is 1. The van der Waals surface area contributed by atoms with Crippen LogP contribution in [0.2, 0.25) is 0 Å². The molecule has 1 atom stereocenters. The second-order valence-electron chi connectivity index (χ2n) is 5.63. The lowest BCUT2D eigenvalue weighted by Crippen LogP contribution is -2.43. The minimum atomic E-state index is 0.338. The number of hydrogen-bond donors (Lipinski definition) is 1. The highest BCUT2D eigenvalue weighted by molar-refractivity contribution is 5.76. The van der Waals surface area contributed by atoms with Gasteiger partial charge in [-0.25, -0.2) is 0 Å². The van der Waals surface area contributed by atoms with Crippen molar-refractivity contribution in [2.24, 2.45) is 5.92 Å². The molecule has 0 spiro atoms. The van der Waals surface area contributed by atoms with Crippen LogP contribution in [0.1, 0.15) is 38.5 Å². The molecule has 2 saturated heterocycles. The summed E-state index contributed by atoms with van der Waals surface area (Å²) in [6.45, 7) is 3.75. The molecule has 104 valence electrons. The monoisotopic (exact) mass is 254 g/mol. The third kappa shape index (κ3) is 3.95. The molecule has 2 heterocycles. The van der Waals surface area contributed by atoms with E-state index in [1.807, 2.05) is 4.90 Å². The highest BCUT2D eigenvalue weighted by Gasteiger charge is 2.25. The maximum Gasteiger partial charge on any atom is 0.224 e. The van der Waals surface area contributed by atoms with E-state index in [0.29, 0.717) is 24.3 Å². The third-order valence-electron chi connectivity index (χ3n) is 4.20. The topological polar surface area (TPSA) is 41.6 Å². The van der Waals surface area contributed by atoms with Crippen molar-refractivity contribution >= 4 is 5.91 Å². The van der Waals surface area contributed by atoms with Gasteiger partial charge in [0.25, 0.3) is 0 Å². The fourth-order valence-corrected chi connectivity index (χ4v) is 3.02. The Hall–Kier alpha value is -0.610. The predicted molar refractivity (Wildman–Crippen MR) is 71.4 cm³/mol. The molecule has 0 aromatic carbocycles. The molecule has 2 fully saturated rings. The van der Waals surface area contributed by atoms with E-state index in [2.05, 4.69) is 5.32 Å². The molecule has 18 heavy (non-hydrogen) atoms. The predicted octanol–water partition coefficient (Wildman–Crippen LogP) is 1.40. The Labute approximate surface area is 110 Å². The smallest absolute Gasteiger partial charge is 0.224 e. The van der Waals surface area contributed by atoms with Crippen LogP contribution in [-0.2, 0) is 9.53 Å². The lowest BCUT2D eigenvalue weighted by molar-refractivity contribution is -0.133. The minimum absolute atomic E-state index is 0.338. The number of nitrogens with zero attached hydrogens (tertiary/aromatic N) is 1. The summed E-state index contributed by atoms with van der Waals surface area (Å²) in [5.74, 6) is 0.983. The number of piperidine rings is 2. The van der Waals surface area contributed by atoms with Crippen LogP contribution in [0, 0.1) is 5.92 Å². The zero-order valence-electron chi connectivity index (χ0n) is 11.5. The number of methoxy groups -OCH3 is 1. The van der Waals surface area contributed by atoms with E-state index in [-0.39, 0.29) is 0 Å². The highest BCUT2D eigenvalue weighted by Crippen LogP contribution is 2.19. The number of rotatable bonds is 4. The van der Waals surface area contributed by atoms with Crippen LogP contribution in [0.25, 0.3) is 0 Å². The first kappa shape index (κ1) is 13.8. The molecule has 0 aliphatic carbocycles. The summed E-state index contributed by atoms with van der Waals surface area (Å²) < 4.78 is 5.19. The van der Waals surface area contributed by atoms with E-state index < -0.39 is 0 Å². The van der Waals surface area contributed by atoms with Crippen molar-refractivity contribution in [3.8, 4) is 0 Å². The number of nitrogens with one attached hydrogen (secondary N) is 1. The van der Waals surface area contributed by atoms with Crippen molar-refractivity contribution in [1.82, 2.24) is 10.2 Å². The van der Waals surface area contributed by atoms with E-state index in [1.54, 1.807) is 7.11 Å². The van der Waals surface area contributed by atoms with Gasteiger partial charge in [-0.15, -0.1) is 0 Å². The number of hydrogen-bond acceptors (Lipinski definition) is 3. The van der Waals surface area contributed by atoms with Crippen LogP contribution < -0.4 is 5.32 Å². The van der Waals surface area contributed by atoms with E-state index in [1.165, 1.54) is 12.8 Å². The van der Waals surface area contributed by atoms with Crippen LogP contribution in [-0.4, -0.2) is 50.2 Å². The van der Waals surface area contributed by atoms with E-state index >= 15 is 0 Å². The fraction of sp³-hybridized carbons (Fsp3) is 0.929. The Morgan fingerprint density at radius 3 is 2.67 bits per heavy atom. The number of carbonyl (C=O) groups is 1. The van der Waals surface area contributed by atoms with E-state index in [4.69, 9.17) is 4.74 Å². The van der Waals surface area contributed by atoms with Crippen molar-refractivity contribution in [2.45, 2.75) is 44.6 Å². The quantitative estimate of drug-likeness (QED) is 0.824. The van der Waals surface area contributed by atoms with Gasteiger partial charge in [0, 0.05) is 39.3 Å². The third-order valence-corrected chi connectivity index (χ3v) is 4.20. The minimum Gasteiger partial charge on any atom is -0.384 e. The number of carbonyl (C=O) groups excluding carboxylic acids is 1. The van der Waals surface area contributed by atoms with Gasteiger partial charge in [-0.1, -0.05) is 6.42 Å². The van der Waals surface area contributed by atoms with Crippen LogP contribution in [0.3, 0.4) is 0 Å². The SMILES string of the molecule is COCC1CCN(C(=O)CC2CCCCN2)CC1. The molecule has 4 heteroatoms. The summed E-state index contributed by atoms with van der Waals surface area (Å²) in [7, 11) is 1.76. The van der Waals surface area contributed by atoms with E-state index in [9.17, 15) is 4.79 Å². The normalized spacial score (nSPS) is 26.3. The number of amides is 1. The van der Waals surface area contributed by atoms with Crippen LogP contribution in [0.5, 0.6) is 0 Å². The Kier molecular flexibility index (Phi) is 5.45. The molecule has 0 bridgehead atoms. The van der Waals surface area contributed by atoms with Crippen molar-refractivity contribution in [3.05, 3.63) is 0 Å². The van der Waals surface area contributed by atoms with Gasteiger partial charge in [0.05, 0.1) is 0 Å².